The Bertz CT molecular complexity index is 686. The van der Waals surface area contributed by atoms with Gasteiger partial charge in [0.05, 0.1) is 13.7 Å². The molecule has 0 fully saturated rings. The zero-order valence-electron chi connectivity index (χ0n) is 15.1. The molecule has 0 spiro atoms. The minimum Gasteiger partial charge on any atom is -0.494 e. The Morgan fingerprint density at radius 2 is 1.78 bits per heavy atom. The minimum absolute atomic E-state index is 0.225. The van der Waals surface area contributed by atoms with Gasteiger partial charge in [0.25, 0.3) is 0 Å². The van der Waals surface area contributed by atoms with Crippen molar-refractivity contribution in [2.45, 2.75) is 50.6 Å². The lowest BCUT2D eigenvalue weighted by Crippen LogP contribution is -2.34. The smallest absolute Gasteiger partial charge is 0.494 e. The number of carbonyl (C=O) groups excluding carboxylic acids is 1. The summed E-state index contributed by atoms with van der Waals surface area (Å²) in [7, 11) is -4.94. The van der Waals surface area contributed by atoms with E-state index in [1.807, 2.05) is 0 Å². The average molecular weight is 412 g/mol. The fourth-order valence-corrected chi connectivity index (χ4v) is 2.71. The first-order chi connectivity index (χ1) is 12.6. The van der Waals surface area contributed by atoms with Gasteiger partial charge in [-0.15, -0.1) is 0 Å². The Kier molecular flexibility index (Phi) is 9.04. The van der Waals surface area contributed by atoms with Crippen LogP contribution >= 0.6 is 0 Å². The van der Waals surface area contributed by atoms with Crippen LogP contribution < -0.4 is 4.74 Å². The number of carbonyl (C=O) groups is 1. The third-order valence-electron chi connectivity index (χ3n) is 3.61. The van der Waals surface area contributed by atoms with Gasteiger partial charge in [0.2, 0.25) is 0 Å². The third kappa shape index (κ3) is 7.76. The minimum atomic E-state index is -5.88. The molecule has 0 aliphatic carbocycles. The highest BCUT2D eigenvalue weighted by Crippen LogP contribution is 2.27. The third-order valence-corrected chi connectivity index (χ3v) is 4.66. The maximum absolute atomic E-state index is 12.4. The lowest BCUT2D eigenvalue weighted by atomic mass is 10.1. The average Bonchev–Trinajstić information content (AvgIpc) is 2.60. The number of unbranched alkanes of at least 4 members (excludes halogenated alkanes) is 1. The molecule has 0 aromatic heterocycles. The summed E-state index contributed by atoms with van der Waals surface area (Å²) >= 11 is 0. The molecule has 0 radical (unpaired) electrons. The van der Waals surface area contributed by atoms with E-state index in [1.54, 1.807) is 24.3 Å². The Morgan fingerprint density at radius 3 is 2.30 bits per heavy atom. The van der Waals surface area contributed by atoms with Gasteiger partial charge < -0.3 is 9.47 Å². The van der Waals surface area contributed by atoms with Crippen LogP contribution in [0.25, 0.3) is 0 Å². The highest BCUT2D eigenvalue weighted by Gasteiger charge is 2.49. The van der Waals surface area contributed by atoms with Crippen molar-refractivity contribution in [2.75, 3.05) is 13.7 Å². The first-order valence-corrected chi connectivity index (χ1v) is 9.80. The van der Waals surface area contributed by atoms with Crippen molar-refractivity contribution in [3.8, 4) is 5.75 Å². The molecule has 0 saturated carbocycles. The Morgan fingerprint density at radius 1 is 1.15 bits per heavy atom. The zero-order valence-corrected chi connectivity index (χ0v) is 15.9. The predicted molar refractivity (Wildman–Crippen MR) is 91.6 cm³/mol. The largest absolute Gasteiger partial charge is 0.523 e. The second-order valence-corrected chi connectivity index (χ2v) is 7.31. The molecule has 0 N–H and O–H groups in total. The van der Waals surface area contributed by atoms with Crippen LogP contribution in [0.1, 0.15) is 38.2 Å². The lowest BCUT2D eigenvalue weighted by molar-refractivity contribution is -0.149. The quantitative estimate of drug-likeness (QED) is 0.239. The van der Waals surface area contributed by atoms with Crippen molar-refractivity contribution >= 4 is 16.1 Å². The number of hydrogen-bond donors (Lipinski definition) is 0. The van der Waals surface area contributed by atoms with Crippen LogP contribution in [0.3, 0.4) is 0 Å². The van der Waals surface area contributed by atoms with Gasteiger partial charge >= 0.3 is 21.6 Å². The van der Waals surface area contributed by atoms with Crippen molar-refractivity contribution in [3.05, 3.63) is 29.8 Å². The molecule has 154 valence electrons. The van der Waals surface area contributed by atoms with E-state index in [1.165, 1.54) is 0 Å². The summed E-state index contributed by atoms with van der Waals surface area (Å²) in [6.07, 6.45) is 0.513. The Balaban J connectivity index is 2.60. The topological polar surface area (TPSA) is 78.9 Å². The molecular formula is C17H23F3O6S. The van der Waals surface area contributed by atoms with Gasteiger partial charge in [-0.2, -0.15) is 21.6 Å². The molecule has 1 aromatic carbocycles. The van der Waals surface area contributed by atoms with Gasteiger partial charge in [-0.25, -0.2) is 8.98 Å². The lowest BCUT2D eigenvalue weighted by Gasteiger charge is -2.16. The SMILES string of the molecule is CCCCOc1ccc(CCC[C@@H](OS(=O)(=O)C(F)(F)F)C(=O)OC)cc1. The molecule has 0 unspecified atom stereocenters. The first kappa shape index (κ1) is 23.2. The van der Waals surface area contributed by atoms with E-state index in [2.05, 4.69) is 15.8 Å². The summed E-state index contributed by atoms with van der Waals surface area (Å²) in [6.45, 7) is 2.67. The van der Waals surface area contributed by atoms with Crippen LogP contribution in [0, 0.1) is 0 Å². The number of halogens is 3. The molecule has 1 atom stereocenters. The summed E-state index contributed by atoms with van der Waals surface area (Å²) in [5, 5.41) is 0. The molecule has 0 heterocycles. The van der Waals surface area contributed by atoms with Gasteiger partial charge in [0.15, 0.2) is 6.10 Å². The first-order valence-electron chi connectivity index (χ1n) is 8.40. The van der Waals surface area contributed by atoms with Crippen molar-refractivity contribution in [3.63, 3.8) is 0 Å². The van der Waals surface area contributed by atoms with Gasteiger partial charge in [0.1, 0.15) is 5.75 Å². The summed E-state index contributed by atoms with van der Waals surface area (Å²) in [4.78, 5) is 11.5. The predicted octanol–water partition coefficient (Wildman–Crippen LogP) is 3.60. The zero-order chi connectivity index (χ0) is 20.5. The fourth-order valence-electron chi connectivity index (χ4n) is 2.12. The normalized spacial score (nSPS) is 13.2. The highest BCUT2D eigenvalue weighted by atomic mass is 32.2. The van der Waals surface area contributed by atoms with Crippen LogP contribution in [0.15, 0.2) is 24.3 Å². The van der Waals surface area contributed by atoms with Crippen molar-refractivity contribution in [1.29, 1.82) is 0 Å². The monoisotopic (exact) mass is 412 g/mol. The second kappa shape index (κ2) is 10.5. The number of rotatable bonds is 11. The number of ether oxygens (including phenoxy) is 2. The van der Waals surface area contributed by atoms with E-state index in [0.717, 1.165) is 25.5 Å². The van der Waals surface area contributed by atoms with E-state index < -0.39 is 27.7 Å². The Hall–Kier alpha value is -1.81. The van der Waals surface area contributed by atoms with E-state index in [9.17, 15) is 26.4 Å². The summed E-state index contributed by atoms with van der Waals surface area (Å²) in [5.41, 5.74) is -4.74. The molecule has 27 heavy (non-hydrogen) atoms. The molecule has 0 aliphatic rings. The van der Waals surface area contributed by atoms with E-state index in [0.29, 0.717) is 18.8 Å². The van der Waals surface area contributed by atoms with E-state index in [4.69, 9.17) is 4.74 Å². The highest BCUT2D eigenvalue weighted by molar-refractivity contribution is 7.87. The van der Waals surface area contributed by atoms with Crippen LogP contribution in [0.4, 0.5) is 13.2 Å². The summed E-state index contributed by atoms with van der Waals surface area (Å²) in [6, 6.07) is 7.13. The number of alkyl halides is 3. The Labute approximate surface area is 156 Å². The molecule has 6 nitrogen and oxygen atoms in total. The van der Waals surface area contributed by atoms with Crippen LogP contribution in [-0.4, -0.2) is 39.7 Å². The van der Waals surface area contributed by atoms with Crippen molar-refractivity contribution < 1.29 is 40.0 Å². The van der Waals surface area contributed by atoms with Crippen LogP contribution in [0.2, 0.25) is 0 Å². The van der Waals surface area contributed by atoms with Crippen molar-refractivity contribution in [2.24, 2.45) is 0 Å². The summed E-state index contributed by atoms with van der Waals surface area (Å²) < 4.78 is 73.3. The molecule has 0 amide bonds. The number of esters is 1. The van der Waals surface area contributed by atoms with Crippen LogP contribution in [0.5, 0.6) is 5.75 Å². The number of methoxy groups -OCH3 is 1. The molecule has 1 aromatic rings. The van der Waals surface area contributed by atoms with E-state index in [-0.39, 0.29) is 12.8 Å². The second-order valence-electron chi connectivity index (χ2n) is 5.75. The molecule has 0 aliphatic heterocycles. The molecule has 1 rings (SSSR count). The maximum Gasteiger partial charge on any atom is 0.523 e. The molecule has 0 bridgehead atoms. The van der Waals surface area contributed by atoms with E-state index >= 15 is 0 Å². The molecule has 10 heteroatoms. The van der Waals surface area contributed by atoms with Gasteiger partial charge in [-0.05, 0) is 43.4 Å². The molecule has 0 saturated heterocycles. The van der Waals surface area contributed by atoms with Crippen LogP contribution in [-0.2, 0) is 30.3 Å². The maximum atomic E-state index is 12.4. The van der Waals surface area contributed by atoms with Crippen molar-refractivity contribution in [1.82, 2.24) is 0 Å². The number of aryl methyl sites for hydroxylation is 1. The van der Waals surface area contributed by atoms with Gasteiger partial charge in [-0.3, -0.25) is 0 Å². The standard InChI is InChI=1S/C17H23F3O6S/c1-3-4-12-25-14-10-8-13(9-11-14)6-5-7-15(16(21)24-2)26-27(22,23)17(18,19)20/h8-11,15H,3-7,12H2,1-2H3/t15-/m1/s1. The molecular weight excluding hydrogens is 389 g/mol. The van der Waals surface area contributed by atoms with Gasteiger partial charge in [-0.1, -0.05) is 25.5 Å². The summed E-state index contributed by atoms with van der Waals surface area (Å²) in [5.74, 6) is -0.471. The van der Waals surface area contributed by atoms with Gasteiger partial charge in [0, 0.05) is 0 Å². The fraction of sp³-hybridized carbons (Fsp3) is 0.588. The number of benzene rings is 1. The number of hydrogen-bond acceptors (Lipinski definition) is 6.